The summed E-state index contributed by atoms with van der Waals surface area (Å²) in [5, 5.41) is 0. The zero-order valence-electron chi connectivity index (χ0n) is 6.47. The van der Waals surface area contributed by atoms with Crippen LogP contribution >= 0.6 is 0 Å². The molecule has 0 spiro atoms. The summed E-state index contributed by atoms with van der Waals surface area (Å²) >= 11 is 0. The Morgan fingerprint density at radius 3 is 2.30 bits per heavy atom. The summed E-state index contributed by atoms with van der Waals surface area (Å²) in [7, 11) is 0. The van der Waals surface area contributed by atoms with Crippen molar-refractivity contribution in [3.8, 4) is 0 Å². The summed E-state index contributed by atoms with van der Waals surface area (Å²) in [6, 6.07) is 0. The average molecular weight is 138 g/mol. The van der Waals surface area contributed by atoms with Crippen LogP contribution in [0.4, 0.5) is 0 Å². The Labute approximate surface area is 61.8 Å². The van der Waals surface area contributed by atoms with Crippen molar-refractivity contribution in [3.63, 3.8) is 0 Å². The summed E-state index contributed by atoms with van der Waals surface area (Å²) in [6.45, 7) is 1.70. The van der Waals surface area contributed by atoms with Gasteiger partial charge in [0.2, 0.25) is 0 Å². The van der Waals surface area contributed by atoms with E-state index in [1.807, 2.05) is 0 Å². The van der Waals surface area contributed by atoms with Crippen LogP contribution in [0.3, 0.4) is 0 Å². The fourth-order valence-corrected chi connectivity index (χ4v) is 2.24. The highest BCUT2D eigenvalue weighted by Crippen LogP contribution is 2.60. The topological polar surface area (TPSA) is 17.1 Å². The van der Waals surface area contributed by atoms with Crippen LogP contribution in [0.2, 0.25) is 0 Å². The number of carbonyl (C=O) groups excluding carboxylic acids is 1. The fourth-order valence-electron chi connectivity index (χ4n) is 2.24. The van der Waals surface area contributed by atoms with E-state index in [-0.39, 0.29) is 0 Å². The van der Waals surface area contributed by atoms with Crippen molar-refractivity contribution < 1.29 is 4.79 Å². The molecule has 3 saturated carbocycles. The SMILES string of the molecule is CC(=O)CCC1C2CC1C2. The molecule has 0 amide bonds. The summed E-state index contributed by atoms with van der Waals surface area (Å²) in [6.07, 6.45) is 4.97. The van der Waals surface area contributed by atoms with Crippen LogP contribution in [0.25, 0.3) is 0 Å². The molecule has 0 saturated heterocycles. The molecule has 2 bridgehead atoms. The van der Waals surface area contributed by atoms with Crippen molar-refractivity contribution in [2.75, 3.05) is 0 Å². The predicted molar refractivity (Wildman–Crippen MR) is 39.6 cm³/mol. The highest BCUT2D eigenvalue weighted by atomic mass is 16.1. The molecule has 0 aliphatic heterocycles. The van der Waals surface area contributed by atoms with E-state index < -0.39 is 0 Å². The van der Waals surface area contributed by atoms with Crippen LogP contribution in [0.5, 0.6) is 0 Å². The first-order valence-corrected chi connectivity index (χ1v) is 4.27. The molecule has 3 aliphatic rings. The molecule has 0 unspecified atom stereocenters. The molecule has 1 nitrogen and oxygen atoms in total. The third kappa shape index (κ3) is 0.799. The van der Waals surface area contributed by atoms with Crippen LogP contribution in [0.15, 0.2) is 0 Å². The molecule has 10 heavy (non-hydrogen) atoms. The molecule has 3 aliphatic carbocycles. The molecule has 0 radical (unpaired) electrons. The first-order valence-electron chi connectivity index (χ1n) is 4.27. The quantitative estimate of drug-likeness (QED) is 0.583. The van der Waals surface area contributed by atoms with Crippen molar-refractivity contribution >= 4 is 5.78 Å². The standard InChI is InChI=1S/C9H14O/c1-6(10)2-3-9-7-4-8(9)5-7/h7-9H,2-5H2,1H3. The minimum absolute atomic E-state index is 0.367. The van der Waals surface area contributed by atoms with Gasteiger partial charge in [0.1, 0.15) is 5.78 Å². The van der Waals surface area contributed by atoms with Gasteiger partial charge in [-0.25, -0.2) is 0 Å². The van der Waals surface area contributed by atoms with Gasteiger partial charge in [0.25, 0.3) is 0 Å². The lowest BCUT2D eigenvalue weighted by molar-refractivity contribution is -0.121. The Morgan fingerprint density at radius 1 is 1.40 bits per heavy atom. The van der Waals surface area contributed by atoms with E-state index in [4.69, 9.17) is 0 Å². The van der Waals surface area contributed by atoms with E-state index in [1.165, 1.54) is 19.3 Å². The number of hydrogen-bond donors (Lipinski definition) is 0. The predicted octanol–water partition coefficient (Wildman–Crippen LogP) is 2.01. The van der Waals surface area contributed by atoms with Crippen LogP contribution in [-0.4, -0.2) is 5.78 Å². The van der Waals surface area contributed by atoms with Crippen molar-refractivity contribution in [3.05, 3.63) is 0 Å². The van der Waals surface area contributed by atoms with Crippen LogP contribution in [0, 0.1) is 17.8 Å². The second-order valence-electron chi connectivity index (χ2n) is 3.90. The molecule has 0 aromatic rings. The first-order chi connectivity index (χ1) is 4.77. The van der Waals surface area contributed by atoms with E-state index in [0.29, 0.717) is 5.78 Å². The largest absolute Gasteiger partial charge is 0.300 e. The Kier molecular flexibility index (Phi) is 1.33. The Balaban J connectivity index is 1.68. The van der Waals surface area contributed by atoms with Crippen molar-refractivity contribution in [2.45, 2.75) is 32.6 Å². The van der Waals surface area contributed by atoms with Crippen molar-refractivity contribution in [1.29, 1.82) is 0 Å². The molecule has 56 valence electrons. The summed E-state index contributed by atoms with van der Waals surface area (Å²) in [5.41, 5.74) is 0. The van der Waals surface area contributed by atoms with Crippen molar-refractivity contribution in [1.82, 2.24) is 0 Å². The van der Waals surface area contributed by atoms with Gasteiger partial charge in [-0.15, -0.1) is 0 Å². The maximum atomic E-state index is 10.6. The van der Waals surface area contributed by atoms with Gasteiger partial charge in [0, 0.05) is 6.42 Å². The molecule has 0 heterocycles. The molecule has 0 atom stereocenters. The Morgan fingerprint density at radius 2 is 2.00 bits per heavy atom. The second kappa shape index (κ2) is 2.08. The molecule has 0 N–H and O–H groups in total. The monoisotopic (exact) mass is 138 g/mol. The normalized spacial score (nSPS) is 41.9. The molecule has 3 rings (SSSR count). The number of carbonyl (C=O) groups is 1. The fraction of sp³-hybridized carbons (Fsp3) is 0.889. The van der Waals surface area contributed by atoms with Crippen LogP contribution in [0.1, 0.15) is 32.6 Å². The van der Waals surface area contributed by atoms with E-state index >= 15 is 0 Å². The van der Waals surface area contributed by atoms with Gasteiger partial charge in [0.05, 0.1) is 0 Å². The zero-order valence-corrected chi connectivity index (χ0v) is 6.47. The third-order valence-corrected chi connectivity index (χ3v) is 3.25. The number of ketones is 1. The Hall–Kier alpha value is -0.330. The summed E-state index contributed by atoms with van der Waals surface area (Å²) in [4.78, 5) is 10.6. The zero-order chi connectivity index (χ0) is 7.14. The lowest BCUT2D eigenvalue weighted by Gasteiger charge is -2.58. The third-order valence-electron chi connectivity index (χ3n) is 3.25. The van der Waals surface area contributed by atoms with E-state index in [9.17, 15) is 4.79 Å². The first kappa shape index (κ1) is 6.38. The number of hydrogen-bond acceptors (Lipinski definition) is 1. The maximum Gasteiger partial charge on any atom is 0.129 e. The van der Waals surface area contributed by atoms with Gasteiger partial charge in [-0.2, -0.15) is 0 Å². The van der Waals surface area contributed by atoms with Gasteiger partial charge in [0.15, 0.2) is 0 Å². The molecule has 0 aromatic carbocycles. The van der Waals surface area contributed by atoms with Gasteiger partial charge in [-0.05, 0) is 43.9 Å². The smallest absolute Gasteiger partial charge is 0.129 e. The van der Waals surface area contributed by atoms with Gasteiger partial charge in [-0.3, -0.25) is 0 Å². The van der Waals surface area contributed by atoms with Crippen LogP contribution < -0.4 is 0 Å². The molecular weight excluding hydrogens is 124 g/mol. The minimum Gasteiger partial charge on any atom is -0.300 e. The average Bonchev–Trinajstić information content (AvgIpc) is 1.55. The summed E-state index contributed by atoms with van der Waals surface area (Å²) in [5.74, 6) is 3.39. The minimum atomic E-state index is 0.367. The molecule has 3 fully saturated rings. The van der Waals surface area contributed by atoms with Crippen LogP contribution in [-0.2, 0) is 4.79 Å². The second-order valence-corrected chi connectivity index (χ2v) is 3.90. The molecular formula is C9H14O. The highest BCUT2D eigenvalue weighted by Gasteiger charge is 2.51. The number of rotatable bonds is 3. The molecule has 0 aromatic heterocycles. The Bertz CT molecular complexity index is 148. The van der Waals surface area contributed by atoms with Gasteiger partial charge in [-0.1, -0.05) is 0 Å². The van der Waals surface area contributed by atoms with Gasteiger partial charge < -0.3 is 4.79 Å². The number of Topliss-reactive ketones (excluding diaryl/α,β-unsaturated/α-hetero) is 1. The lowest BCUT2D eigenvalue weighted by Crippen LogP contribution is -2.50. The highest BCUT2D eigenvalue weighted by molar-refractivity contribution is 5.75. The maximum absolute atomic E-state index is 10.6. The van der Waals surface area contributed by atoms with Gasteiger partial charge >= 0.3 is 0 Å². The lowest BCUT2D eigenvalue weighted by atomic mass is 9.47. The summed E-state index contributed by atoms with van der Waals surface area (Å²) < 4.78 is 0. The molecule has 1 heteroatoms. The van der Waals surface area contributed by atoms with E-state index in [0.717, 1.165) is 24.2 Å². The van der Waals surface area contributed by atoms with E-state index in [2.05, 4.69) is 0 Å². The van der Waals surface area contributed by atoms with E-state index in [1.54, 1.807) is 6.92 Å². The van der Waals surface area contributed by atoms with Crippen molar-refractivity contribution in [2.24, 2.45) is 17.8 Å².